The lowest BCUT2D eigenvalue weighted by molar-refractivity contribution is 0.111. The van der Waals surface area contributed by atoms with Gasteiger partial charge >= 0.3 is 0 Å². The van der Waals surface area contributed by atoms with Crippen molar-refractivity contribution >= 4 is 5.82 Å². The number of hydrogen-bond donors (Lipinski definition) is 2. The molecule has 0 aliphatic heterocycles. The van der Waals surface area contributed by atoms with Gasteiger partial charge in [-0.2, -0.15) is 0 Å². The number of rotatable bonds is 3. The summed E-state index contributed by atoms with van der Waals surface area (Å²) < 4.78 is 0. The fourth-order valence-corrected chi connectivity index (χ4v) is 2.36. The molecule has 82 valence electrons. The third-order valence-corrected chi connectivity index (χ3v) is 3.30. The fraction of sp³-hybridized carbons (Fsp3) is 0.583. The van der Waals surface area contributed by atoms with Crippen molar-refractivity contribution in [2.75, 3.05) is 5.73 Å². The minimum absolute atomic E-state index is 0.251. The van der Waals surface area contributed by atoms with Crippen LogP contribution in [0.2, 0.25) is 0 Å². The Morgan fingerprint density at radius 1 is 1.47 bits per heavy atom. The maximum Gasteiger partial charge on any atom is 0.126 e. The van der Waals surface area contributed by atoms with Crippen LogP contribution < -0.4 is 5.73 Å². The molecule has 15 heavy (non-hydrogen) atoms. The topological polar surface area (TPSA) is 59.1 Å². The molecule has 2 rings (SSSR count). The molecule has 1 fully saturated rings. The summed E-state index contributed by atoms with van der Waals surface area (Å²) in [6, 6.07) is 3.81. The molecule has 0 bridgehead atoms. The first-order valence-corrected chi connectivity index (χ1v) is 5.65. The van der Waals surface area contributed by atoms with Crippen molar-refractivity contribution in [2.24, 2.45) is 5.92 Å². The molecule has 0 spiro atoms. The maximum atomic E-state index is 10.0. The SMILES string of the molecule is Nc1ncccc1CC(O)C1CCCC1. The molecule has 3 N–H and O–H groups in total. The Morgan fingerprint density at radius 2 is 2.20 bits per heavy atom. The van der Waals surface area contributed by atoms with Gasteiger partial charge in [0, 0.05) is 12.6 Å². The predicted octanol–water partition coefficient (Wildman–Crippen LogP) is 1.76. The maximum absolute atomic E-state index is 10.0. The van der Waals surface area contributed by atoms with E-state index in [0.29, 0.717) is 18.2 Å². The van der Waals surface area contributed by atoms with Gasteiger partial charge in [-0.1, -0.05) is 18.9 Å². The summed E-state index contributed by atoms with van der Waals surface area (Å²) in [6.45, 7) is 0. The second-order valence-electron chi connectivity index (χ2n) is 4.36. The molecule has 0 aromatic carbocycles. The van der Waals surface area contributed by atoms with Gasteiger partial charge in [0.2, 0.25) is 0 Å². The van der Waals surface area contributed by atoms with Crippen molar-refractivity contribution in [1.29, 1.82) is 0 Å². The summed E-state index contributed by atoms with van der Waals surface area (Å²) in [4.78, 5) is 4.03. The highest BCUT2D eigenvalue weighted by Crippen LogP contribution is 2.29. The second-order valence-corrected chi connectivity index (χ2v) is 4.36. The minimum Gasteiger partial charge on any atom is -0.392 e. The molecule has 1 heterocycles. The van der Waals surface area contributed by atoms with Crippen molar-refractivity contribution in [2.45, 2.75) is 38.2 Å². The zero-order valence-corrected chi connectivity index (χ0v) is 8.89. The Labute approximate surface area is 90.3 Å². The third-order valence-electron chi connectivity index (χ3n) is 3.30. The van der Waals surface area contributed by atoms with E-state index in [0.717, 1.165) is 18.4 Å². The number of nitrogens with two attached hydrogens (primary N) is 1. The molecule has 1 saturated carbocycles. The van der Waals surface area contributed by atoms with Gasteiger partial charge in [0.25, 0.3) is 0 Å². The van der Waals surface area contributed by atoms with E-state index in [1.165, 1.54) is 12.8 Å². The van der Waals surface area contributed by atoms with E-state index in [9.17, 15) is 5.11 Å². The van der Waals surface area contributed by atoms with Gasteiger partial charge in [0.15, 0.2) is 0 Å². The molecule has 1 unspecified atom stereocenters. The third kappa shape index (κ3) is 2.48. The smallest absolute Gasteiger partial charge is 0.126 e. The van der Waals surface area contributed by atoms with Gasteiger partial charge < -0.3 is 10.8 Å². The lowest BCUT2D eigenvalue weighted by atomic mass is 9.95. The van der Waals surface area contributed by atoms with E-state index in [1.54, 1.807) is 6.20 Å². The number of hydrogen-bond acceptors (Lipinski definition) is 3. The highest BCUT2D eigenvalue weighted by Gasteiger charge is 2.23. The second kappa shape index (κ2) is 4.62. The Morgan fingerprint density at radius 3 is 2.87 bits per heavy atom. The van der Waals surface area contributed by atoms with Crippen molar-refractivity contribution in [1.82, 2.24) is 4.98 Å². The van der Waals surface area contributed by atoms with Gasteiger partial charge in [-0.25, -0.2) is 4.98 Å². The Balaban J connectivity index is 1.99. The summed E-state index contributed by atoms with van der Waals surface area (Å²) in [6.07, 6.45) is 6.89. The van der Waals surface area contributed by atoms with Crippen LogP contribution in [0, 0.1) is 5.92 Å². The molecular formula is C12H18N2O. The van der Waals surface area contributed by atoms with E-state index in [2.05, 4.69) is 4.98 Å². The van der Waals surface area contributed by atoms with Crippen molar-refractivity contribution in [3.05, 3.63) is 23.9 Å². The van der Waals surface area contributed by atoms with E-state index in [-0.39, 0.29) is 6.10 Å². The number of aromatic nitrogens is 1. The van der Waals surface area contributed by atoms with Crippen LogP contribution in [0.5, 0.6) is 0 Å². The van der Waals surface area contributed by atoms with Crippen LogP contribution in [0.4, 0.5) is 5.82 Å². The predicted molar refractivity (Wildman–Crippen MR) is 60.3 cm³/mol. The van der Waals surface area contributed by atoms with Gasteiger partial charge in [-0.05, 0) is 30.4 Å². The molecular weight excluding hydrogens is 188 g/mol. The highest BCUT2D eigenvalue weighted by atomic mass is 16.3. The normalized spacial score (nSPS) is 19.3. The molecule has 3 nitrogen and oxygen atoms in total. The Bertz CT molecular complexity index is 321. The number of nitrogen functional groups attached to an aromatic ring is 1. The molecule has 1 atom stereocenters. The lowest BCUT2D eigenvalue weighted by Crippen LogP contribution is -2.21. The summed E-state index contributed by atoms with van der Waals surface area (Å²) in [5.74, 6) is 1.01. The van der Waals surface area contributed by atoms with Gasteiger partial charge in [-0.15, -0.1) is 0 Å². The van der Waals surface area contributed by atoms with E-state index in [4.69, 9.17) is 5.73 Å². The molecule has 1 aliphatic carbocycles. The summed E-state index contributed by atoms with van der Waals surface area (Å²) in [5, 5.41) is 10.0. The quantitative estimate of drug-likeness (QED) is 0.792. The van der Waals surface area contributed by atoms with Gasteiger partial charge in [0.05, 0.1) is 6.10 Å². The summed E-state index contributed by atoms with van der Waals surface area (Å²) in [7, 11) is 0. The zero-order valence-electron chi connectivity index (χ0n) is 8.89. The molecule has 1 aliphatic rings. The van der Waals surface area contributed by atoms with Crippen LogP contribution in [0.15, 0.2) is 18.3 Å². The molecule has 3 heteroatoms. The number of nitrogens with zero attached hydrogens (tertiary/aromatic N) is 1. The van der Waals surface area contributed by atoms with E-state index < -0.39 is 0 Å². The van der Waals surface area contributed by atoms with Crippen LogP contribution in [-0.4, -0.2) is 16.2 Å². The average Bonchev–Trinajstić information content (AvgIpc) is 2.74. The van der Waals surface area contributed by atoms with Crippen molar-refractivity contribution < 1.29 is 5.11 Å². The average molecular weight is 206 g/mol. The van der Waals surface area contributed by atoms with Crippen LogP contribution in [0.1, 0.15) is 31.2 Å². The number of pyridine rings is 1. The highest BCUT2D eigenvalue weighted by molar-refractivity contribution is 5.38. The molecule has 0 radical (unpaired) electrons. The number of aliphatic hydroxyl groups excluding tert-OH is 1. The fourth-order valence-electron chi connectivity index (χ4n) is 2.36. The first-order valence-electron chi connectivity index (χ1n) is 5.65. The van der Waals surface area contributed by atoms with Crippen LogP contribution in [-0.2, 0) is 6.42 Å². The molecule has 1 aromatic rings. The monoisotopic (exact) mass is 206 g/mol. The van der Waals surface area contributed by atoms with Gasteiger partial charge in [0.1, 0.15) is 5.82 Å². The van der Waals surface area contributed by atoms with Crippen LogP contribution in [0.25, 0.3) is 0 Å². The van der Waals surface area contributed by atoms with Crippen LogP contribution >= 0.6 is 0 Å². The minimum atomic E-state index is -0.251. The molecule has 0 saturated heterocycles. The van der Waals surface area contributed by atoms with E-state index >= 15 is 0 Å². The standard InChI is InChI=1S/C12H18N2O/c13-12-10(6-3-7-14-12)8-11(15)9-4-1-2-5-9/h3,6-7,9,11,15H,1-2,4-5,8H2,(H2,13,14). The van der Waals surface area contributed by atoms with Crippen molar-refractivity contribution in [3.63, 3.8) is 0 Å². The van der Waals surface area contributed by atoms with Gasteiger partial charge in [-0.3, -0.25) is 0 Å². The Hall–Kier alpha value is -1.09. The van der Waals surface area contributed by atoms with E-state index in [1.807, 2.05) is 12.1 Å². The Kier molecular flexibility index (Phi) is 3.21. The summed E-state index contributed by atoms with van der Waals surface area (Å²) in [5.41, 5.74) is 6.71. The first-order chi connectivity index (χ1) is 7.27. The van der Waals surface area contributed by atoms with Crippen LogP contribution in [0.3, 0.4) is 0 Å². The lowest BCUT2D eigenvalue weighted by Gasteiger charge is -2.17. The largest absolute Gasteiger partial charge is 0.392 e. The number of aliphatic hydroxyl groups is 1. The first kappa shape index (κ1) is 10.4. The molecule has 1 aromatic heterocycles. The number of anilines is 1. The zero-order chi connectivity index (χ0) is 10.7. The summed E-state index contributed by atoms with van der Waals surface area (Å²) >= 11 is 0. The molecule has 0 amide bonds. The van der Waals surface area contributed by atoms with Crippen molar-refractivity contribution in [3.8, 4) is 0 Å².